The van der Waals surface area contributed by atoms with Crippen LogP contribution in [0.15, 0.2) is 24.3 Å². The average molecular weight is 395 g/mol. The van der Waals surface area contributed by atoms with Crippen LogP contribution in [0.1, 0.15) is 6.42 Å². The predicted octanol–water partition coefficient (Wildman–Crippen LogP) is 0.00970. The van der Waals surface area contributed by atoms with E-state index in [1.165, 1.54) is 24.3 Å². The van der Waals surface area contributed by atoms with E-state index >= 15 is 0 Å². The average Bonchev–Trinajstić information content (AvgIpc) is 2.68. The molecule has 2 amide bonds. The molecule has 2 saturated heterocycles. The van der Waals surface area contributed by atoms with Gasteiger partial charge in [-0.3, -0.25) is 14.5 Å². The summed E-state index contributed by atoms with van der Waals surface area (Å²) in [7, 11) is 0. The van der Waals surface area contributed by atoms with Crippen LogP contribution in [0.5, 0.6) is 5.75 Å². The number of benzene rings is 1. The maximum absolute atomic E-state index is 13.1. The Labute approximate surface area is 163 Å². The molecule has 2 fully saturated rings. The number of hydrogen-bond acceptors (Lipinski definition) is 6. The standard InChI is InChI=1S/C19H26FN3O5/c20-15-1-3-16(4-2-15)27-14-19(11-17(21)24)13-23(7-10-28-19)18(25)12-22-5-8-26-9-6-22/h1-4H,5-14H2,(H2,21,24). The molecular formula is C19H26FN3O5. The van der Waals surface area contributed by atoms with Crippen molar-refractivity contribution in [1.29, 1.82) is 0 Å². The molecule has 3 rings (SSSR count). The molecule has 2 heterocycles. The molecule has 154 valence electrons. The van der Waals surface area contributed by atoms with Crippen molar-refractivity contribution in [3.05, 3.63) is 30.1 Å². The number of carbonyl (C=O) groups excluding carboxylic acids is 2. The molecule has 1 atom stereocenters. The minimum atomic E-state index is -1.03. The van der Waals surface area contributed by atoms with Crippen LogP contribution in [0.4, 0.5) is 4.39 Å². The maximum atomic E-state index is 13.1. The molecule has 1 aromatic rings. The van der Waals surface area contributed by atoms with Gasteiger partial charge in [0.15, 0.2) is 0 Å². The lowest BCUT2D eigenvalue weighted by Crippen LogP contribution is -2.59. The van der Waals surface area contributed by atoms with Crippen LogP contribution in [0.3, 0.4) is 0 Å². The number of carbonyl (C=O) groups is 2. The second-order valence-electron chi connectivity index (χ2n) is 7.12. The smallest absolute Gasteiger partial charge is 0.236 e. The van der Waals surface area contributed by atoms with E-state index in [2.05, 4.69) is 0 Å². The fourth-order valence-corrected chi connectivity index (χ4v) is 3.42. The Bertz CT molecular complexity index is 681. The van der Waals surface area contributed by atoms with Gasteiger partial charge in [0.05, 0.1) is 39.3 Å². The van der Waals surface area contributed by atoms with Crippen LogP contribution in [0.25, 0.3) is 0 Å². The predicted molar refractivity (Wildman–Crippen MR) is 98.2 cm³/mol. The molecule has 0 spiro atoms. The normalized spacial score (nSPS) is 23.4. The van der Waals surface area contributed by atoms with Crippen molar-refractivity contribution in [2.24, 2.45) is 5.73 Å². The summed E-state index contributed by atoms with van der Waals surface area (Å²) >= 11 is 0. The highest BCUT2D eigenvalue weighted by atomic mass is 19.1. The van der Waals surface area contributed by atoms with Gasteiger partial charge in [-0.25, -0.2) is 4.39 Å². The molecule has 1 unspecified atom stereocenters. The van der Waals surface area contributed by atoms with Crippen molar-refractivity contribution in [3.8, 4) is 5.75 Å². The number of primary amides is 1. The van der Waals surface area contributed by atoms with Gasteiger partial charge < -0.3 is 24.8 Å². The van der Waals surface area contributed by atoms with Gasteiger partial charge in [0, 0.05) is 19.6 Å². The van der Waals surface area contributed by atoms with E-state index in [4.69, 9.17) is 19.9 Å². The Morgan fingerprint density at radius 2 is 1.86 bits per heavy atom. The second kappa shape index (κ2) is 9.31. The number of amides is 2. The molecule has 2 aliphatic rings. The largest absolute Gasteiger partial charge is 0.490 e. The minimum Gasteiger partial charge on any atom is -0.490 e. The van der Waals surface area contributed by atoms with Crippen molar-refractivity contribution >= 4 is 11.8 Å². The number of rotatable bonds is 7. The minimum absolute atomic E-state index is 0.0270. The van der Waals surface area contributed by atoms with Gasteiger partial charge in [0.1, 0.15) is 23.8 Å². The first-order chi connectivity index (χ1) is 13.5. The molecule has 0 bridgehead atoms. The molecule has 2 aliphatic heterocycles. The van der Waals surface area contributed by atoms with E-state index in [0.717, 1.165) is 13.1 Å². The van der Waals surface area contributed by atoms with Crippen LogP contribution < -0.4 is 10.5 Å². The zero-order valence-electron chi connectivity index (χ0n) is 15.8. The lowest BCUT2D eigenvalue weighted by Gasteiger charge is -2.42. The first-order valence-electron chi connectivity index (χ1n) is 9.34. The van der Waals surface area contributed by atoms with Crippen LogP contribution in [0, 0.1) is 5.82 Å². The van der Waals surface area contributed by atoms with Gasteiger partial charge in [-0.15, -0.1) is 0 Å². The van der Waals surface area contributed by atoms with Crippen molar-refractivity contribution in [2.45, 2.75) is 12.0 Å². The van der Waals surface area contributed by atoms with Crippen LogP contribution >= 0.6 is 0 Å². The van der Waals surface area contributed by atoms with Gasteiger partial charge >= 0.3 is 0 Å². The summed E-state index contributed by atoms with van der Waals surface area (Å²) < 4.78 is 30.0. The Morgan fingerprint density at radius 1 is 1.14 bits per heavy atom. The maximum Gasteiger partial charge on any atom is 0.236 e. The van der Waals surface area contributed by atoms with Gasteiger partial charge in [-0.2, -0.15) is 0 Å². The summed E-state index contributed by atoms with van der Waals surface area (Å²) in [6, 6.07) is 5.57. The SMILES string of the molecule is NC(=O)CC1(COc2ccc(F)cc2)CN(C(=O)CN2CCOCC2)CCO1. The van der Waals surface area contributed by atoms with E-state index in [9.17, 15) is 14.0 Å². The Hall–Kier alpha value is -2.23. The van der Waals surface area contributed by atoms with Gasteiger partial charge in [-0.05, 0) is 24.3 Å². The number of ether oxygens (including phenoxy) is 3. The number of nitrogens with zero attached hydrogens (tertiary/aromatic N) is 2. The van der Waals surface area contributed by atoms with E-state index in [-0.39, 0.29) is 37.9 Å². The number of hydrogen-bond donors (Lipinski definition) is 1. The first kappa shape index (κ1) is 20.5. The molecule has 9 heteroatoms. The summed E-state index contributed by atoms with van der Waals surface area (Å²) in [5.74, 6) is -0.482. The summed E-state index contributed by atoms with van der Waals surface area (Å²) in [6.45, 7) is 3.95. The summed E-state index contributed by atoms with van der Waals surface area (Å²) in [5.41, 5.74) is 4.39. The van der Waals surface area contributed by atoms with E-state index in [0.29, 0.717) is 32.1 Å². The number of morpholine rings is 2. The fourth-order valence-electron chi connectivity index (χ4n) is 3.42. The monoisotopic (exact) mass is 395 g/mol. The zero-order valence-corrected chi connectivity index (χ0v) is 15.8. The second-order valence-corrected chi connectivity index (χ2v) is 7.12. The first-order valence-corrected chi connectivity index (χ1v) is 9.34. The lowest BCUT2D eigenvalue weighted by molar-refractivity contribution is -0.163. The summed E-state index contributed by atoms with van der Waals surface area (Å²) in [4.78, 5) is 28.1. The van der Waals surface area contributed by atoms with Crippen molar-refractivity contribution in [1.82, 2.24) is 9.80 Å². The summed E-state index contributed by atoms with van der Waals surface area (Å²) in [5, 5.41) is 0. The van der Waals surface area contributed by atoms with Crippen molar-refractivity contribution in [2.75, 3.05) is 59.2 Å². The highest BCUT2D eigenvalue weighted by molar-refractivity contribution is 5.79. The quantitative estimate of drug-likeness (QED) is 0.699. The third-order valence-electron chi connectivity index (χ3n) is 4.88. The van der Waals surface area contributed by atoms with Crippen LogP contribution in [0.2, 0.25) is 0 Å². The third-order valence-corrected chi connectivity index (χ3v) is 4.88. The molecule has 0 aromatic heterocycles. The van der Waals surface area contributed by atoms with E-state index in [1.54, 1.807) is 4.90 Å². The zero-order chi connectivity index (χ0) is 20.0. The Morgan fingerprint density at radius 3 is 2.54 bits per heavy atom. The molecule has 2 N–H and O–H groups in total. The van der Waals surface area contributed by atoms with Gasteiger partial charge in [0.2, 0.25) is 11.8 Å². The Kier molecular flexibility index (Phi) is 6.82. The molecule has 0 aliphatic carbocycles. The molecule has 0 saturated carbocycles. The van der Waals surface area contributed by atoms with Gasteiger partial charge in [-0.1, -0.05) is 0 Å². The van der Waals surface area contributed by atoms with E-state index in [1.807, 2.05) is 4.90 Å². The van der Waals surface area contributed by atoms with Crippen molar-refractivity contribution in [3.63, 3.8) is 0 Å². The Balaban J connectivity index is 1.64. The van der Waals surface area contributed by atoms with Crippen molar-refractivity contribution < 1.29 is 28.2 Å². The molecule has 8 nitrogen and oxygen atoms in total. The molecule has 0 radical (unpaired) electrons. The number of nitrogens with two attached hydrogens (primary N) is 1. The highest BCUT2D eigenvalue weighted by Crippen LogP contribution is 2.24. The van der Waals surface area contributed by atoms with Crippen LogP contribution in [-0.2, 0) is 19.1 Å². The lowest BCUT2D eigenvalue weighted by atomic mass is 9.97. The van der Waals surface area contributed by atoms with Crippen LogP contribution in [-0.4, -0.2) is 86.4 Å². The fraction of sp³-hybridized carbons (Fsp3) is 0.579. The summed E-state index contributed by atoms with van der Waals surface area (Å²) in [6.07, 6.45) is -0.0739. The third kappa shape index (κ3) is 5.63. The highest BCUT2D eigenvalue weighted by Gasteiger charge is 2.41. The molecular weight excluding hydrogens is 369 g/mol. The topological polar surface area (TPSA) is 94.3 Å². The molecule has 1 aromatic carbocycles. The molecule has 28 heavy (non-hydrogen) atoms. The van der Waals surface area contributed by atoms with Gasteiger partial charge in [0.25, 0.3) is 0 Å². The van der Waals surface area contributed by atoms with E-state index < -0.39 is 11.5 Å². The number of halogens is 1.